The molecule has 0 saturated heterocycles. The van der Waals surface area contributed by atoms with Crippen molar-refractivity contribution in [2.24, 2.45) is 0 Å². The van der Waals surface area contributed by atoms with Crippen LogP contribution in [0, 0.1) is 0 Å². The molecule has 0 fully saturated rings. The molecule has 2 aliphatic rings. The summed E-state index contributed by atoms with van der Waals surface area (Å²) in [5.41, 5.74) is 5.34. The number of aliphatic carboxylic acids is 1. The number of carboxylic acid groups (broad SMARTS) is 1. The van der Waals surface area contributed by atoms with Crippen molar-refractivity contribution >= 4 is 41.0 Å². The maximum absolute atomic E-state index is 13.4. The summed E-state index contributed by atoms with van der Waals surface area (Å²) in [6, 6.07) is 18.4. The largest absolute Gasteiger partial charge is 0.481 e. The number of fused-ring (bicyclic) bond motifs is 1. The molecule has 46 heavy (non-hydrogen) atoms. The van der Waals surface area contributed by atoms with Crippen LogP contribution in [0.1, 0.15) is 106 Å². The van der Waals surface area contributed by atoms with Crippen LogP contribution in [0.15, 0.2) is 72.8 Å². The Morgan fingerprint density at radius 1 is 0.891 bits per heavy atom. The van der Waals surface area contributed by atoms with Gasteiger partial charge in [0.25, 0.3) is 17.7 Å². The Labute approximate surface area is 267 Å². The molecule has 238 valence electrons. The molecule has 4 N–H and O–H groups in total. The first-order valence-electron chi connectivity index (χ1n) is 15.7. The molecule has 0 aromatic heterocycles. The lowest BCUT2D eigenvalue weighted by Gasteiger charge is -2.21. The number of unbranched alkanes of at least 4 members (excludes halogenated alkanes) is 1. The number of nitrogens with zero attached hydrogens (tertiary/aromatic N) is 1. The number of anilines is 1. The van der Waals surface area contributed by atoms with Gasteiger partial charge in [-0.15, -0.1) is 0 Å². The Hall–Kier alpha value is -5.25. The summed E-state index contributed by atoms with van der Waals surface area (Å²) in [7, 11) is 0. The number of benzene rings is 3. The molecule has 0 saturated carbocycles. The molecule has 10 nitrogen and oxygen atoms in total. The Bertz CT molecular complexity index is 1660. The molecule has 10 heteroatoms. The molecule has 1 unspecified atom stereocenters. The Kier molecular flexibility index (Phi) is 10.3. The summed E-state index contributed by atoms with van der Waals surface area (Å²) in [6.07, 6.45) is 8.13. The molecule has 1 atom stereocenters. The maximum atomic E-state index is 13.4. The van der Waals surface area contributed by atoms with E-state index in [1.807, 2.05) is 19.1 Å². The average Bonchev–Trinajstić information content (AvgIpc) is 3.30. The van der Waals surface area contributed by atoms with E-state index in [-0.39, 0.29) is 30.3 Å². The number of rotatable bonds is 12. The molecule has 0 spiro atoms. The lowest BCUT2D eigenvalue weighted by Crippen LogP contribution is -2.33. The molecule has 1 aliphatic carbocycles. The summed E-state index contributed by atoms with van der Waals surface area (Å²) < 4.78 is 0. The lowest BCUT2D eigenvalue weighted by molar-refractivity contribution is -0.136. The summed E-state index contributed by atoms with van der Waals surface area (Å²) in [4.78, 5) is 63.6. The predicted molar refractivity (Wildman–Crippen MR) is 175 cm³/mol. The van der Waals surface area contributed by atoms with Gasteiger partial charge in [0.2, 0.25) is 0 Å². The van der Waals surface area contributed by atoms with Crippen LogP contribution in [-0.4, -0.2) is 52.8 Å². The van der Waals surface area contributed by atoms with Gasteiger partial charge in [-0.25, -0.2) is 4.79 Å². The van der Waals surface area contributed by atoms with E-state index in [9.17, 15) is 24.0 Å². The maximum Gasteiger partial charge on any atom is 0.319 e. The van der Waals surface area contributed by atoms with Crippen molar-refractivity contribution in [2.45, 2.75) is 57.9 Å². The molecular formula is C36H38N4O6. The van der Waals surface area contributed by atoms with Crippen molar-refractivity contribution < 1.29 is 29.1 Å². The highest BCUT2D eigenvalue weighted by molar-refractivity contribution is 6.21. The van der Waals surface area contributed by atoms with E-state index in [0.29, 0.717) is 23.4 Å². The SMILES string of the molecule is CCCCN1C(=O)c2ccc(NC(=O)NC(c3ccc(C(=O)NCCC(=O)O)cc3)c3ccc(C4=CCCCC4)cc3)cc2C1=O. The molecule has 3 aromatic carbocycles. The van der Waals surface area contributed by atoms with Crippen molar-refractivity contribution in [2.75, 3.05) is 18.4 Å². The molecule has 1 aliphatic heterocycles. The van der Waals surface area contributed by atoms with E-state index in [0.717, 1.165) is 48.8 Å². The van der Waals surface area contributed by atoms with Gasteiger partial charge >= 0.3 is 12.0 Å². The summed E-state index contributed by atoms with van der Waals surface area (Å²) in [6.45, 7) is 2.36. The number of carbonyl (C=O) groups excluding carboxylic acids is 4. The van der Waals surface area contributed by atoms with E-state index in [4.69, 9.17) is 5.11 Å². The van der Waals surface area contributed by atoms with Crippen LogP contribution in [-0.2, 0) is 4.79 Å². The standard InChI is InChI=1S/C36H38N4O6/c1-2-3-21-40-34(44)29-18-17-28(22-30(29)35(40)45)38-36(46)39-32(25-11-9-24(10-12-25)23-7-5-4-6-8-23)26-13-15-27(16-14-26)33(43)37-20-19-31(41)42/h7,9-18,22,32H,2-6,8,19-21H2,1H3,(H,37,43)(H,41,42)(H2,38,39,46). The number of allylic oxidation sites excluding steroid dienone is 2. The summed E-state index contributed by atoms with van der Waals surface area (Å²) in [5, 5.41) is 17.3. The summed E-state index contributed by atoms with van der Waals surface area (Å²) >= 11 is 0. The fourth-order valence-electron chi connectivity index (χ4n) is 5.75. The minimum atomic E-state index is -0.998. The highest BCUT2D eigenvalue weighted by atomic mass is 16.4. The van der Waals surface area contributed by atoms with Gasteiger partial charge in [-0.2, -0.15) is 0 Å². The second-order valence-corrected chi connectivity index (χ2v) is 11.5. The molecular weight excluding hydrogens is 584 g/mol. The molecule has 0 radical (unpaired) electrons. The van der Waals surface area contributed by atoms with Gasteiger partial charge < -0.3 is 21.1 Å². The van der Waals surface area contributed by atoms with Crippen molar-refractivity contribution in [1.82, 2.24) is 15.5 Å². The van der Waals surface area contributed by atoms with Gasteiger partial charge in [-0.3, -0.25) is 24.1 Å². The Morgan fingerprint density at radius 3 is 2.24 bits per heavy atom. The van der Waals surface area contributed by atoms with Crippen molar-refractivity contribution in [3.8, 4) is 0 Å². The van der Waals surface area contributed by atoms with Crippen molar-refractivity contribution in [1.29, 1.82) is 0 Å². The first-order valence-corrected chi connectivity index (χ1v) is 15.7. The second kappa shape index (κ2) is 14.7. The number of amides is 5. The Balaban J connectivity index is 1.35. The van der Waals surface area contributed by atoms with Crippen molar-refractivity contribution in [3.05, 3.63) is 106 Å². The Morgan fingerprint density at radius 2 is 1.59 bits per heavy atom. The topological polar surface area (TPSA) is 145 Å². The average molecular weight is 623 g/mol. The quantitative estimate of drug-likeness (QED) is 0.178. The van der Waals surface area contributed by atoms with Crippen molar-refractivity contribution in [3.63, 3.8) is 0 Å². The molecule has 5 rings (SSSR count). The lowest BCUT2D eigenvalue weighted by atomic mass is 9.91. The van der Waals surface area contributed by atoms with Crippen LogP contribution in [0.2, 0.25) is 0 Å². The number of urea groups is 1. The number of imide groups is 1. The first-order chi connectivity index (χ1) is 22.2. The molecule has 0 bridgehead atoms. The monoisotopic (exact) mass is 622 g/mol. The normalized spacial score (nSPS) is 14.7. The van der Waals surface area contributed by atoms with E-state index in [1.54, 1.807) is 36.4 Å². The van der Waals surface area contributed by atoms with Crippen LogP contribution in [0.5, 0.6) is 0 Å². The van der Waals surface area contributed by atoms with Gasteiger partial charge in [0.1, 0.15) is 0 Å². The first kappa shape index (κ1) is 32.2. The van der Waals surface area contributed by atoms with E-state index in [2.05, 4.69) is 34.2 Å². The second-order valence-electron chi connectivity index (χ2n) is 11.5. The van der Waals surface area contributed by atoms with Gasteiger partial charge in [0.15, 0.2) is 0 Å². The van der Waals surface area contributed by atoms with Gasteiger partial charge in [-0.1, -0.05) is 55.8 Å². The van der Waals surface area contributed by atoms with E-state index < -0.39 is 23.9 Å². The zero-order chi connectivity index (χ0) is 32.6. The molecule has 1 heterocycles. The van der Waals surface area contributed by atoms with E-state index >= 15 is 0 Å². The minimum Gasteiger partial charge on any atom is -0.481 e. The third kappa shape index (κ3) is 7.51. The number of hydrogen-bond donors (Lipinski definition) is 4. The number of nitrogens with one attached hydrogen (secondary N) is 3. The zero-order valence-electron chi connectivity index (χ0n) is 25.8. The van der Waals surface area contributed by atoms with Crippen LogP contribution < -0.4 is 16.0 Å². The highest BCUT2D eigenvalue weighted by Crippen LogP contribution is 2.30. The summed E-state index contributed by atoms with van der Waals surface area (Å²) in [5.74, 6) is -2.08. The number of hydrogen-bond acceptors (Lipinski definition) is 5. The number of carbonyl (C=O) groups is 5. The van der Waals surface area contributed by atoms with Gasteiger partial charge in [0, 0.05) is 24.3 Å². The smallest absolute Gasteiger partial charge is 0.319 e. The fraction of sp³-hybridized carbons (Fsp3) is 0.306. The van der Waals surface area contributed by atoms with Gasteiger partial charge in [0.05, 0.1) is 23.6 Å². The van der Waals surface area contributed by atoms with Gasteiger partial charge in [-0.05, 0) is 84.7 Å². The highest BCUT2D eigenvalue weighted by Gasteiger charge is 2.35. The zero-order valence-corrected chi connectivity index (χ0v) is 25.8. The molecule has 3 aromatic rings. The van der Waals surface area contributed by atoms with Crippen LogP contribution in [0.3, 0.4) is 0 Å². The molecule has 5 amide bonds. The van der Waals surface area contributed by atoms with Crippen LogP contribution >= 0.6 is 0 Å². The van der Waals surface area contributed by atoms with E-state index in [1.165, 1.54) is 23.0 Å². The predicted octanol–water partition coefficient (Wildman–Crippen LogP) is 6.16. The van der Waals surface area contributed by atoms with Crippen LogP contribution in [0.25, 0.3) is 5.57 Å². The minimum absolute atomic E-state index is 0.0161. The number of carboxylic acids is 1. The fourth-order valence-corrected chi connectivity index (χ4v) is 5.75. The third-order valence-corrected chi connectivity index (χ3v) is 8.28. The van der Waals surface area contributed by atoms with Crippen LogP contribution in [0.4, 0.5) is 10.5 Å². The third-order valence-electron chi connectivity index (χ3n) is 8.28.